The number of fused-ring (bicyclic) bond motifs is 2. The molecule has 0 unspecified atom stereocenters. The van der Waals surface area contributed by atoms with Crippen molar-refractivity contribution in [1.82, 2.24) is 4.90 Å². The van der Waals surface area contributed by atoms with Crippen LogP contribution >= 0.6 is 0 Å². The first-order chi connectivity index (χ1) is 17.1. The molecule has 2 aliphatic rings. The first-order valence-corrected chi connectivity index (χ1v) is 12.7. The van der Waals surface area contributed by atoms with Crippen LogP contribution in [0.4, 0.5) is 4.39 Å². The molecule has 0 fully saturated rings. The molecule has 2 aromatic carbocycles. The van der Waals surface area contributed by atoms with Crippen molar-refractivity contribution in [2.45, 2.75) is 77.2 Å². The van der Waals surface area contributed by atoms with Gasteiger partial charge in [-0.15, -0.1) is 0 Å². The molecule has 0 saturated heterocycles. The summed E-state index contributed by atoms with van der Waals surface area (Å²) in [5, 5.41) is 8.94. The largest absolute Gasteiger partial charge is 0.494 e. The number of benzene rings is 2. The van der Waals surface area contributed by atoms with E-state index in [0.29, 0.717) is 30.9 Å². The highest BCUT2D eigenvalue weighted by atomic mass is 19.1. The topological polar surface area (TPSA) is 83.9 Å². The Balaban J connectivity index is 1.63. The fourth-order valence-electron chi connectivity index (χ4n) is 5.66. The van der Waals surface area contributed by atoms with Gasteiger partial charge in [0.1, 0.15) is 17.6 Å². The standard InChI is InChI=1S/C29H34FNO5/c1-4-36-21-8-9-22-19(17-21)11-13-31(25(33)6-5-7-26(34)35)28(22)24(32)16-18-14-20-10-12-29(2,3)27(20)23(30)15-18/h8-9,14-15,17,28H,4-7,10-13,16H2,1-3H3,(H,34,35)/t28-/m1/s1. The highest BCUT2D eigenvalue weighted by Crippen LogP contribution is 2.41. The summed E-state index contributed by atoms with van der Waals surface area (Å²) in [5.74, 6) is -0.930. The number of aryl methyl sites for hydroxylation is 1. The van der Waals surface area contributed by atoms with Crippen LogP contribution in [0, 0.1) is 5.82 Å². The summed E-state index contributed by atoms with van der Waals surface area (Å²) in [6.45, 7) is 6.86. The van der Waals surface area contributed by atoms with Crippen molar-refractivity contribution in [3.63, 3.8) is 0 Å². The predicted octanol–water partition coefficient (Wildman–Crippen LogP) is 4.94. The highest BCUT2D eigenvalue weighted by molar-refractivity contribution is 5.92. The SMILES string of the molecule is CCOc1ccc2c(c1)CCN(C(=O)CCCC(=O)O)[C@H]2C(=O)Cc1cc(F)c2c(c1)CCC2(C)C. The average Bonchev–Trinajstić information content (AvgIpc) is 3.12. The number of Topliss-reactive ketones (excluding diaryl/α,β-unsaturated/α-hetero) is 1. The second-order valence-electron chi connectivity index (χ2n) is 10.4. The quantitative estimate of drug-likeness (QED) is 0.533. The first-order valence-electron chi connectivity index (χ1n) is 12.7. The van der Waals surface area contributed by atoms with Crippen LogP contribution in [0.5, 0.6) is 5.75 Å². The van der Waals surface area contributed by atoms with Gasteiger partial charge in [-0.3, -0.25) is 14.4 Å². The Hall–Kier alpha value is -3.22. The second kappa shape index (κ2) is 10.4. The number of nitrogens with zero attached hydrogens (tertiary/aromatic N) is 1. The van der Waals surface area contributed by atoms with Gasteiger partial charge in [0.25, 0.3) is 0 Å². The minimum Gasteiger partial charge on any atom is -0.494 e. The van der Waals surface area contributed by atoms with Crippen molar-refractivity contribution in [1.29, 1.82) is 0 Å². The number of hydrogen-bond acceptors (Lipinski definition) is 4. The first kappa shape index (κ1) is 25.9. The van der Waals surface area contributed by atoms with Crippen LogP contribution in [0.2, 0.25) is 0 Å². The fourth-order valence-corrected chi connectivity index (χ4v) is 5.66. The summed E-state index contributed by atoms with van der Waals surface area (Å²) >= 11 is 0. The van der Waals surface area contributed by atoms with E-state index in [4.69, 9.17) is 9.84 Å². The van der Waals surface area contributed by atoms with Crippen molar-refractivity contribution in [2.75, 3.05) is 13.2 Å². The molecular weight excluding hydrogens is 461 g/mol. The van der Waals surface area contributed by atoms with Gasteiger partial charge in [0, 0.05) is 25.8 Å². The van der Waals surface area contributed by atoms with Gasteiger partial charge in [-0.05, 0) is 84.0 Å². The van der Waals surface area contributed by atoms with Crippen molar-refractivity contribution >= 4 is 17.7 Å². The van der Waals surface area contributed by atoms with Gasteiger partial charge in [0.15, 0.2) is 5.78 Å². The third-order valence-electron chi connectivity index (χ3n) is 7.37. The van der Waals surface area contributed by atoms with Gasteiger partial charge >= 0.3 is 5.97 Å². The number of aliphatic carboxylic acids is 1. The lowest BCUT2D eigenvalue weighted by atomic mass is 9.84. The zero-order chi connectivity index (χ0) is 26.0. The second-order valence-corrected chi connectivity index (χ2v) is 10.4. The summed E-state index contributed by atoms with van der Waals surface area (Å²) in [7, 11) is 0. The van der Waals surface area contributed by atoms with E-state index in [-0.39, 0.29) is 48.6 Å². The van der Waals surface area contributed by atoms with Crippen molar-refractivity contribution < 1.29 is 28.6 Å². The molecule has 192 valence electrons. The van der Waals surface area contributed by atoms with Gasteiger partial charge in [0.05, 0.1) is 6.61 Å². The molecular formula is C29H34FNO5. The maximum Gasteiger partial charge on any atom is 0.303 e. The minimum atomic E-state index is -0.954. The van der Waals surface area contributed by atoms with E-state index < -0.39 is 12.0 Å². The third-order valence-corrected chi connectivity index (χ3v) is 7.37. The van der Waals surface area contributed by atoms with Crippen molar-refractivity contribution in [2.24, 2.45) is 0 Å². The lowest BCUT2D eigenvalue weighted by molar-refractivity contribution is -0.141. The molecule has 6 nitrogen and oxygen atoms in total. The number of carbonyl (C=O) groups is 3. The Morgan fingerprint density at radius 1 is 1.11 bits per heavy atom. The van der Waals surface area contributed by atoms with Crippen LogP contribution in [0.3, 0.4) is 0 Å². The molecule has 1 amide bonds. The van der Waals surface area contributed by atoms with Crippen LogP contribution < -0.4 is 4.74 Å². The molecule has 4 rings (SSSR count). The Morgan fingerprint density at radius 3 is 2.61 bits per heavy atom. The predicted molar refractivity (Wildman–Crippen MR) is 134 cm³/mol. The van der Waals surface area contributed by atoms with Crippen molar-refractivity contribution in [3.05, 3.63) is 64.0 Å². The maximum atomic E-state index is 15.1. The van der Waals surface area contributed by atoms with E-state index >= 15 is 4.39 Å². The fraction of sp³-hybridized carbons (Fsp3) is 0.483. The normalized spacial score (nSPS) is 17.9. The number of carboxylic acids is 1. The molecule has 36 heavy (non-hydrogen) atoms. The monoisotopic (exact) mass is 495 g/mol. The Kier molecular flexibility index (Phi) is 7.48. The minimum absolute atomic E-state index is 0.0147. The van der Waals surface area contributed by atoms with E-state index in [2.05, 4.69) is 0 Å². The zero-order valence-corrected chi connectivity index (χ0v) is 21.2. The molecule has 1 N–H and O–H groups in total. The van der Waals surface area contributed by atoms with Crippen LogP contribution in [-0.2, 0) is 39.1 Å². The molecule has 1 atom stereocenters. The van der Waals surface area contributed by atoms with E-state index in [9.17, 15) is 14.4 Å². The lowest BCUT2D eigenvalue weighted by Gasteiger charge is -2.37. The molecule has 0 aromatic heterocycles. The molecule has 0 bridgehead atoms. The summed E-state index contributed by atoms with van der Waals surface area (Å²) in [6.07, 6.45) is 2.42. The summed E-state index contributed by atoms with van der Waals surface area (Å²) in [4.78, 5) is 39.3. The van der Waals surface area contributed by atoms with Crippen LogP contribution in [0.25, 0.3) is 0 Å². The third kappa shape index (κ3) is 5.30. The Bertz CT molecular complexity index is 1190. The molecule has 1 aliphatic heterocycles. The van der Waals surface area contributed by atoms with E-state index in [0.717, 1.165) is 35.1 Å². The number of amides is 1. The highest BCUT2D eigenvalue weighted by Gasteiger charge is 2.37. The van der Waals surface area contributed by atoms with E-state index in [1.54, 1.807) is 11.0 Å². The maximum absolute atomic E-state index is 15.1. The van der Waals surface area contributed by atoms with Gasteiger partial charge in [0.2, 0.25) is 5.91 Å². The van der Waals surface area contributed by atoms with Gasteiger partial charge in [-0.1, -0.05) is 26.0 Å². The van der Waals surface area contributed by atoms with Crippen molar-refractivity contribution in [3.8, 4) is 5.75 Å². The average molecular weight is 496 g/mol. The summed E-state index contributed by atoms with van der Waals surface area (Å²) < 4.78 is 20.7. The van der Waals surface area contributed by atoms with Gasteiger partial charge in [-0.25, -0.2) is 4.39 Å². The molecule has 2 aromatic rings. The lowest BCUT2D eigenvalue weighted by Crippen LogP contribution is -2.44. The van der Waals surface area contributed by atoms with Gasteiger partial charge < -0.3 is 14.7 Å². The molecule has 1 aliphatic carbocycles. The number of ether oxygens (including phenoxy) is 1. The van der Waals surface area contributed by atoms with Crippen LogP contribution in [0.1, 0.15) is 80.3 Å². The molecule has 1 heterocycles. The number of carboxylic acid groups (broad SMARTS) is 1. The van der Waals surface area contributed by atoms with Gasteiger partial charge in [-0.2, -0.15) is 0 Å². The smallest absolute Gasteiger partial charge is 0.303 e. The van der Waals surface area contributed by atoms with E-state index in [1.165, 1.54) is 6.07 Å². The zero-order valence-electron chi connectivity index (χ0n) is 21.2. The van der Waals surface area contributed by atoms with Crippen LogP contribution in [0.15, 0.2) is 30.3 Å². The Morgan fingerprint density at radius 2 is 1.89 bits per heavy atom. The summed E-state index contributed by atoms with van der Waals surface area (Å²) in [6, 6.07) is 8.16. The van der Waals surface area contributed by atoms with Crippen LogP contribution in [-0.4, -0.2) is 40.8 Å². The number of ketones is 1. The molecule has 0 radical (unpaired) electrons. The number of hydrogen-bond donors (Lipinski definition) is 1. The summed E-state index contributed by atoms with van der Waals surface area (Å²) in [5.41, 5.74) is 3.79. The number of carbonyl (C=O) groups excluding carboxylic acids is 2. The molecule has 0 saturated carbocycles. The Labute approximate surface area is 211 Å². The number of rotatable bonds is 9. The number of halogens is 1. The molecule has 7 heteroatoms. The van der Waals surface area contributed by atoms with E-state index in [1.807, 2.05) is 39.0 Å². The molecule has 0 spiro atoms.